The zero-order valence-corrected chi connectivity index (χ0v) is 14.2. The number of hydrogen-bond donors (Lipinski definition) is 0. The van der Waals surface area contributed by atoms with Crippen LogP contribution in [0.3, 0.4) is 0 Å². The van der Waals surface area contributed by atoms with E-state index < -0.39 is 0 Å². The first-order valence-electron chi connectivity index (χ1n) is 7.93. The van der Waals surface area contributed by atoms with E-state index in [0.717, 1.165) is 30.7 Å². The largest absolute Gasteiger partial charge is 0.332 e. The van der Waals surface area contributed by atoms with E-state index in [1.165, 1.54) is 11.6 Å². The number of likely N-dealkylation sites (N-methyl/N-ethyl adjacent to an activating group) is 1. The molecule has 8 nitrogen and oxygen atoms in total. The predicted molar refractivity (Wildman–Crippen MR) is 88.7 cm³/mol. The predicted octanol–water partition coefficient (Wildman–Crippen LogP) is -0.930. The molecule has 126 valence electrons. The fourth-order valence-corrected chi connectivity index (χ4v) is 3.31. The highest BCUT2D eigenvalue weighted by atomic mass is 16.2. The Morgan fingerprint density at radius 3 is 2.57 bits per heavy atom. The molecule has 0 spiro atoms. The summed E-state index contributed by atoms with van der Waals surface area (Å²) in [5.41, 5.74) is 0.313. The SMILES string of the molecule is C[C@@H]1CN(C)CCN1CCn1cnc2c1c(=O)n(C)c(=O)n2C. The molecule has 0 amide bonds. The molecule has 23 heavy (non-hydrogen) atoms. The maximum atomic E-state index is 12.4. The van der Waals surface area contributed by atoms with E-state index in [1.54, 1.807) is 13.4 Å². The number of imidazole rings is 1. The molecule has 0 bridgehead atoms. The molecule has 8 heteroatoms. The molecule has 3 heterocycles. The topological polar surface area (TPSA) is 68.3 Å². The number of fused-ring (bicyclic) bond motifs is 1. The van der Waals surface area contributed by atoms with Crippen LogP contribution >= 0.6 is 0 Å². The number of hydrogen-bond acceptors (Lipinski definition) is 5. The maximum Gasteiger partial charge on any atom is 0.332 e. The molecule has 0 aromatic carbocycles. The molecule has 0 radical (unpaired) electrons. The highest BCUT2D eigenvalue weighted by Gasteiger charge is 2.21. The summed E-state index contributed by atoms with van der Waals surface area (Å²) in [7, 11) is 5.29. The molecule has 1 fully saturated rings. The van der Waals surface area contributed by atoms with Crippen molar-refractivity contribution in [2.24, 2.45) is 14.1 Å². The lowest BCUT2D eigenvalue weighted by Crippen LogP contribution is -2.51. The van der Waals surface area contributed by atoms with Crippen molar-refractivity contribution in [3.05, 3.63) is 27.2 Å². The van der Waals surface area contributed by atoms with Gasteiger partial charge in [0.25, 0.3) is 5.56 Å². The van der Waals surface area contributed by atoms with Crippen molar-refractivity contribution in [2.75, 3.05) is 33.2 Å². The first-order valence-corrected chi connectivity index (χ1v) is 7.93. The van der Waals surface area contributed by atoms with Crippen LogP contribution in [0.4, 0.5) is 0 Å². The summed E-state index contributed by atoms with van der Waals surface area (Å²) in [5, 5.41) is 0. The Kier molecular flexibility index (Phi) is 4.11. The van der Waals surface area contributed by atoms with Crippen LogP contribution < -0.4 is 11.2 Å². The zero-order chi connectivity index (χ0) is 16.7. The number of rotatable bonds is 3. The number of aromatic nitrogens is 4. The summed E-state index contributed by atoms with van der Waals surface area (Å²) < 4.78 is 4.42. The lowest BCUT2D eigenvalue weighted by molar-refractivity contribution is 0.0971. The molecule has 3 rings (SSSR count). The average molecular weight is 320 g/mol. The highest BCUT2D eigenvalue weighted by molar-refractivity contribution is 5.69. The smallest absolute Gasteiger partial charge is 0.323 e. The third-order valence-electron chi connectivity index (χ3n) is 4.81. The minimum absolute atomic E-state index is 0.285. The lowest BCUT2D eigenvalue weighted by Gasteiger charge is -2.38. The zero-order valence-electron chi connectivity index (χ0n) is 14.2. The fraction of sp³-hybridized carbons (Fsp3) is 0.667. The minimum atomic E-state index is -0.347. The standard InChI is InChI=1S/C15H24N6O2/c1-11-9-17(2)5-6-20(11)7-8-21-10-16-13-12(21)14(22)19(4)15(23)18(13)3/h10-11H,5-9H2,1-4H3/t11-/m1/s1. The Balaban J connectivity index is 1.87. The van der Waals surface area contributed by atoms with E-state index >= 15 is 0 Å². The number of nitrogens with zero attached hydrogens (tertiary/aromatic N) is 6. The van der Waals surface area contributed by atoms with Gasteiger partial charge in [0.1, 0.15) is 0 Å². The number of aryl methyl sites for hydroxylation is 1. The van der Waals surface area contributed by atoms with E-state index in [0.29, 0.717) is 23.8 Å². The minimum Gasteiger partial charge on any atom is -0.323 e. The Labute approximate surface area is 134 Å². The van der Waals surface area contributed by atoms with E-state index in [4.69, 9.17) is 0 Å². The van der Waals surface area contributed by atoms with E-state index in [1.807, 2.05) is 4.57 Å². The fourth-order valence-electron chi connectivity index (χ4n) is 3.31. The van der Waals surface area contributed by atoms with Crippen molar-refractivity contribution in [3.63, 3.8) is 0 Å². The van der Waals surface area contributed by atoms with Crippen LogP contribution in [0.1, 0.15) is 6.92 Å². The van der Waals surface area contributed by atoms with Crippen molar-refractivity contribution in [1.29, 1.82) is 0 Å². The van der Waals surface area contributed by atoms with Crippen molar-refractivity contribution < 1.29 is 0 Å². The first kappa shape index (κ1) is 15.9. The van der Waals surface area contributed by atoms with Crippen LogP contribution in [0.5, 0.6) is 0 Å². The molecule has 2 aromatic heterocycles. The quantitative estimate of drug-likeness (QED) is 0.731. The van der Waals surface area contributed by atoms with Gasteiger partial charge in [-0.15, -0.1) is 0 Å². The van der Waals surface area contributed by atoms with Crippen molar-refractivity contribution in [3.8, 4) is 0 Å². The van der Waals surface area contributed by atoms with Crippen LogP contribution in [-0.4, -0.2) is 67.8 Å². The van der Waals surface area contributed by atoms with Crippen LogP contribution in [0.2, 0.25) is 0 Å². The van der Waals surface area contributed by atoms with Gasteiger partial charge in [0.05, 0.1) is 6.33 Å². The second-order valence-electron chi connectivity index (χ2n) is 6.46. The van der Waals surface area contributed by atoms with Crippen molar-refractivity contribution in [2.45, 2.75) is 19.5 Å². The van der Waals surface area contributed by atoms with E-state index in [2.05, 4.69) is 28.8 Å². The molecule has 0 aliphatic carbocycles. The summed E-state index contributed by atoms with van der Waals surface area (Å²) in [5.74, 6) is 0. The summed E-state index contributed by atoms with van der Waals surface area (Å²) in [4.78, 5) is 33.4. The monoisotopic (exact) mass is 320 g/mol. The molecule has 1 atom stereocenters. The van der Waals surface area contributed by atoms with Crippen LogP contribution in [0, 0.1) is 0 Å². The van der Waals surface area contributed by atoms with Gasteiger partial charge in [-0.2, -0.15) is 0 Å². The molecule has 0 unspecified atom stereocenters. The van der Waals surface area contributed by atoms with Crippen LogP contribution in [-0.2, 0) is 20.6 Å². The van der Waals surface area contributed by atoms with Gasteiger partial charge >= 0.3 is 5.69 Å². The molecule has 1 aliphatic rings. The second-order valence-corrected chi connectivity index (χ2v) is 6.46. The summed E-state index contributed by atoms with van der Waals surface area (Å²) >= 11 is 0. The lowest BCUT2D eigenvalue weighted by atomic mass is 10.2. The van der Waals surface area contributed by atoms with Gasteiger partial charge in [0.15, 0.2) is 11.2 Å². The first-order chi connectivity index (χ1) is 10.9. The molecule has 0 saturated carbocycles. The van der Waals surface area contributed by atoms with Gasteiger partial charge in [0, 0.05) is 52.9 Å². The van der Waals surface area contributed by atoms with Gasteiger partial charge in [-0.05, 0) is 14.0 Å². The molecule has 0 N–H and O–H groups in total. The average Bonchev–Trinajstić information content (AvgIpc) is 2.94. The van der Waals surface area contributed by atoms with E-state index in [-0.39, 0.29) is 11.2 Å². The van der Waals surface area contributed by atoms with Crippen molar-refractivity contribution in [1.82, 2.24) is 28.5 Å². The molecule has 1 saturated heterocycles. The summed E-state index contributed by atoms with van der Waals surface area (Å²) in [6.45, 7) is 6.93. The van der Waals surface area contributed by atoms with Crippen LogP contribution in [0.15, 0.2) is 15.9 Å². The number of piperazine rings is 1. The summed E-state index contributed by atoms with van der Waals surface area (Å²) in [6, 6.07) is 0.496. The molecular formula is C15H24N6O2. The Bertz CT molecular complexity index is 833. The van der Waals surface area contributed by atoms with Crippen LogP contribution in [0.25, 0.3) is 11.2 Å². The Morgan fingerprint density at radius 2 is 1.87 bits per heavy atom. The normalized spacial score (nSPS) is 20.4. The van der Waals surface area contributed by atoms with Gasteiger partial charge in [-0.1, -0.05) is 0 Å². The second kappa shape index (κ2) is 5.93. The van der Waals surface area contributed by atoms with Gasteiger partial charge in [-0.3, -0.25) is 18.8 Å². The Morgan fingerprint density at radius 1 is 1.13 bits per heavy atom. The third-order valence-corrected chi connectivity index (χ3v) is 4.81. The third kappa shape index (κ3) is 2.72. The van der Waals surface area contributed by atoms with Crippen molar-refractivity contribution >= 4 is 11.2 Å². The highest BCUT2D eigenvalue weighted by Crippen LogP contribution is 2.10. The summed E-state index contributed by atoms with van der Waals surface area (Å²) in [6.07, 6.45) is 1.66. The molecular weight excluding hydrogens is 296 g/mol. The van der Waals surface area contributed by atoms with Gasteiger partial charge in [-0.25, -0.2) is 9.78 Å². The maximum absolute atomic E-state index is 12.4. The molecule has 1 aliphatic heterocycles. The Hall–Kier alpha value is -1.93. The molecule has 2 aromatic rings. The van der Waals surface area contributed by atoms with Gasteiger partial charge in [0.2, 0.25) is 0 Å². The van der Waals surface area contributed by atoms with Gasteiger partial charge < -0.3 is 9.47 Å². The van der Waals surface area contributed by atoms with E-state index in [9.17, 15) is 9.59 Å².